The van der Waals surface area contributed by atoms with Gasteiger partial charge in [0.25, 0.3) is 0 Å². The SMILES string of the molecule is CCCc1nc(CN2C[C@@H](C(F)(F)F)[C@H](C(=O)O)C2)cs1. The van der Waals surface area contributed by atoms with Crippen LogP contribution >= 0.6 is 11.3 Å². The molecule has 8 heteroatoms. The van der Waals surface area contributed by atoms with E-state index in [-0.39, 0.29) is 19.6 Å². The molecule has 21 heavy (non-hydrogen) atoms. The van der Waals surface area contributed by atoms with Crippen LogP contribution in [-0.4, -0.2) is 40.2 Å². The van der Waals surface area contributed by atoms with Crippen LogP contribution in [0, 0.1) is 11.8 Å². The summed E-state index contributed by atoms with van der Waals surface area (Å²) in [4.78, 5) is 16.9. The maximum Gasteiger partial charge on any atom is 0.393 e. The number of aliphatic carboxylic acids is 1. The number of aromatic nitrogens is 1. The minimum atomic E-state index is -4.48. The number of alkyl halides is 3. The predicted molar refractivity (Wildman–Crippen MR) is 72.1 cm³/mol. The number of aryl methyl sites for hydroxylation is 1. The number of halogens is 3. The molecule has 0 unspecified atom stereocenters. The first-order valence-electron chi connectivity index (χ1n) is 6.76. The van der Waals surface area contributed by atoms with E-state index in [0.717, 1.165) is 23.5 Å². The first-order valence-corrected chi connectivity index (χ1v) is 7.64. The molecule has 0 aromatic carbocycles. The Bertz CT molecular complexity index is 504. The summed E-state index contributed by atoms with van der Waals surface area (Å²) >= 11 is 1.49. The molecule has 4 nitrogen and oxygen atoms in total. The third kappa shape index (κ3) is 3.94. The summed E-state index contributed by atoms with van der Waals surface area (Å²) < 4.78 is 38.7. The average Bonchev–Trinajstić information content (AvgIpc) is 2.96. The number of likely N-dealkylation sites (tertiary alicyclic amines) is 1. The summed E-state index contributed by atoms with van der Waals surface area (Å²) in [5, 5.41) is 11.8. The molecule has 1 saturated heterocycles. The first-order chi connectivity index (χ1) is 9.81. The molecular weight excluding hydrogens is 305 g/mol. The Kier molecular flexibility index (Phi) is 4.88. The van der Waals surface area contributed by atoms with Gasteiger partial charge in [-0.15, -0.1) is 11.3 Å². The Hall–Kier alpha value is -1.15. The topological polar surface area (TPSA) is 53.4 Å². The average molecular weight is 322 g/mol. The van der Waals surface area contributed by atoms with Gasteiger partial charge in [0, 0.05) is 25.0 Å². The van der Waals surface area contributed by atoms with E-state index in [2.05, 4.69) is 4.98 Å². The van der Waals surface area contributed by atoms with E-state index in [9.17, 15) is 18.0 Å². The zero-order valence-electron chi connectivity index (χ0n) is 11.6. The van der Waals surface area contributed by atoms with Crippen molar-refractivity contribution in [3.63, 3.8) is 0 Å². The second kappa shape index (κ2) is 6.31. The fourth-order valence-corrected chi connectivity index (χ4v) is 3.47. The zero-order valence-corrected chi connectivity index (χ0v) is 12.4. The van der Waals surface area contributed by atoms with Crippen molar-refractivity contribution in [3.8, 4) is 0 Å². The van der Waals surface area contributed by atoms with Gasteiger partial charge in [0.15, 0.2) is 0 Å². The Morgan fingerprint density at radius 1 is 1.52 bits per heavy atom. The van der Waals surface area contributed by atoms with Gasteiger partial charge in [-0.2, -0.15) is 13.2 Å². The summed E-state index contributed by atoms with van der Waals surface area (Å²) in [6, 6.07) is 0. The van der Waals surface area contributed by atoms with Crippen molar-refractivity contribution in [3.05, 3.63) is 16.1 Å². The second-order valence-electron chi connectivity index (χ2n) is 5.27. The van der Waals surface area contributed by atoms with Crippen LogP contribution in [0.15, 0.2) is 5.38 Å². The normalized spacial score (nSPS) is 23.6. The standard InChI is InChI=1S/C13H17F3N2O2S/c1-2-3-11-17-8(7-21-11)4-18-5-9(12(19)20)10(6-18)13(14,15)16/h7,9-10H,2-6H2,1H3,(H,19,20)/t9-,10-/m1/s1. The predicted octanol–water partition coefficient (Wildman–Crippen LogP) is 2.79. The Balaban J connectivity index is 2.03. The Labute approximate surface area is 124 Å². The number of carboxylic acids is 1. The number of hydrogen-bond donors (Lipinski definition) is 1. The Morgan fingerprint density at radius 3 is 2.76 bits per heavy atom. The van der Waals surface area contributed by atoms with E-state index in [1.165, 1.54) is 16.2 Å². The van der Waals surface area contributed by atoms with Gasteiger partial charge in [-0.3, -0.25) is 9.69 Å². The highest BCUT2D eigenvalue weighted by molar-refractivity contribution is 7.09. The lowest BCUT2D eigenvalue weighted by molar-refractivity contribution is -0.188. The fourth-order valence-electron chi connectivity index (χ4n) is 2.58. The van der Waals surface area contributed by atoms with E-state index in [0.29, 0.717) is 0 Å². The van der Waals surface area contributed by atoms with Crippen molar-refractivity contribution in [2.45, 2.75) is 32.5 Å². The molecule has 0 radical (unpaired) electrons. The van der Waals surface area contributed by atoms with E-state index >= 15 is 0 Å². The number of carbonyl (C=O) groups is 1. The third-order valence-corrected chi connectivity index (χ3v) is 4.54. The minimum Gasteiger partial charge on any atom is -0.481 e. The number of rotatable bonds is 5. The van der Waals surface area contributed by atoms with Gasteiger partial charge in [-0.1, -0.05) is 6.92 Å². The molecule has 1 aliphatic heterocycles. The van der Waals surface area contributed by atoms with Crippen LogP contribution in [0.3, 0.4) is 0 Å². The molecule has 1 aromatic rings. The highest BCUT2D eigenvalue weighted by Gasteiger charge is 2.52. The van der Waals surface area contributed by atoms with Crippen molar-refractivity contribution < 1.29 is 23.1 Å². The zero-order chi connectivity index (χ0) is 15.6. The van der Waals surface area contributed by atoms with Crippen LogP contribution in [0.5, 0.6) is 0 Å². The molecule has 0 bridgehead atoms. The van der Waals surface area contributed by atoms with Crippen molar-refractivity contribution in [1.29, 1.82) is 0 Å². The van der Waals surface area contributed by atoms with Crippen LogP contribution in [0.1, 0.15) is 24.0 Å². The summed E-state index contributed by atoms with van der Waals surface area (Å²) in [5.74, 6) is -4.58. The van der Waals surface area contributed by atoms with Gasteiger partial charge in [-0.05, 0) is 12.8 Å². The van der Waals surface area contributed by atoms with E-state index in [1.807, 2.05) is 12.3 Å². The summed E-state index contributed by atoms with van der Waals surface area (Å²) in [5.41, 5.74) is 0.718. The second-order valence-corrected chi connectivity index (χ2v) is 6.21. The van der Waals surface area contributed by atoms with E-state index in [4.69, 9.17) is 5.11 Å². The molecule has 1 N–H and O–H groups in total. The van der Waals surface area contributed by atoms with Crippen molar-refractivity contribution in [2.24, 2.45) is 11.8 Å². The lowest BCUT2D eigenvalue weighted by atomic mass is 9.96. The first kappa shape index (κ1) is 16.2. The molecule has 0 aliphatic carbocycles. The van der Waals surface area contributed by atoms with Gasteiger partial charge in [0.05, 0.1) is 22.5 Å². The van der Waals surface area contributed by atoms with Crippen LogP contribution in [-0.2, 0) is 17.8 Å². The molecule has 1 aliphatic rings. The summed E-state index contributed by atoms with van der Waals surface area (Å²) in [6.07, 6.45) is -2.66. The van der Waals surface area contributed by atoms with Gasteiger partial charge in [0.2, 0.25) is 0 Å². The lowest BCUT2D eigenvalue weighted by Gasteiger charge is -2.18. The van der Waals surface area contributed by atoms with Crippen LogP contribution < -0.4 is 0 Å². The van der Waals surface area contributed by atoms with Crippen molar-refractivity contribution in [1.82, 2.24) is 9.88 Å². The number of thiazole rings is 1. The van der Waals surface area contributed by atoms with Crippen molar-refractivity contribution >= 4 is 17.3 Å². The largest absolute Gasteiger partial charge is 0.481 e. The van der Waals surface area contributed by atoms with Gasteiger partial charge >= 0.3 is 12.1 Å². The Morgan fingerprint density at radius 2 is 2.24 bits per heavy atom. The molecule has 0 spiro atoms. The lowest BCUT2D eigenvalue weighted by Crippen LogP contribution is -2.33. The van der Waals surface area contributed by atoms with E-state index < -0.39 is 24.0 Å². The molecule has 0 saturated carbocycles. The van der Waals surface area contributed by atoms with Crippen LogP contribution in [0.2, 0.25) is 0 Å². The highest BCUT2D eigenvalue weighted by atomic mass is 32.1. The number of nitrogens with zero attached hydrogens (tertiary/aromatic N) is 2. The summed E-state index contributed by atoms with van der Waals surface area (Å²) in [6.45, 7) is 1.95. The van der Waals surface area contributed by atoms with E-state index in [1.54, 1.807) is 0 Å². The maximum atomic E-state index is 12.9. The molecule has 2 atom stereocenters. The molecule has 2 heterocycles. The molecule has 118 valence electrons. The van der Waals surface area contributed by atoms with Crippen LogP contribution in [0.25, 0.3) is 0 Å². The number of carboxylic acid groups (broad SMARTS) is 1. The summed E-state index contributed by atoms with van der Waals surface area (Å²) in [7, 11) is 0. The maximum absolute atomic E-state index is 12.9. The van der Waals surface area contributed by atoms with Gasteiger partial charge in [-0.25, -0.2) is 4.98 Å². The molecule has 2 rings (SSSR count). The molecule has 1 fully saturated rings. The number of hydrogen-bond acceptors (Lipinski definition) is 4. The van der Waals surface area contributed by atoms with Gasteiger partial charge < -0.3 is 5.11 Å². The van der Waals surface area contributed by atoms with Gasteiger partial charge in [0.1, 0.15) is 0 Å². The molecular formula is C13H17F3N2O2S. The fraction of sp³-hybridized carbons (Fsp3) is 0.692. The molecule has 1 aromatic heterocycles. The van der Waals surface area contributed by atoms with Crippen molar-refractivity contribution in [2.75, 3.05) is 13.1 Å². The highest BCUT2D eigenvalue weighted by Crippen LogP contribution is 2.38. The third-order valence-electron chi connectivity index (χ3n) is 3.58. The minimum absolute atomic E-state index is 0.0832. The van der Waals surface area contributed by atoms with Crippen LogP contribution in [0.4, 0.5) is 13.2 Å². The molecule has 0 amide bonds. The monoisotopic (exact) mass is 322 g/mol. The smallest absolute Gasteiger partial charge is 0.393 e. The quantitative estimate of drug-likeness (QED) is 0.906.